The molecule has 0 bridgehead atoms. The van der Waals surface area contributed by atoms with E-state index in [0.29, 0.717) is 12.3 Å². The van der Waals surface area contributed by atoms with Crippen LogP contribution in [0.15, 0.2) is 65.3 Å². The first-order chi connectivity index (χ1) is 14.8. The quantitative estimate of drug-likeness (QED) is 0.514. The fourth-order valence-corrected chi connectivity index (χ4v) is 4.02. The first kappa shape index (κ1) is 18.5. The Morgan fingerprint density at radius 3 is 2.93 bits per heavy atom. The first-order valence-corrected chi connectivity index (χ1v) is 10.3. The van der Waals surface area contributed by atoms with Gasteiger partial charge in [-0.15, -0.1) is 0 Å². The maximum atomic E-state index is 12.5. The van der Waals surface area contributed by atoms with Crippen molar-refractivity contribution < 1.29 is 13.9 Å². The maximum absolute atomic E-state index is 12.5. The lowest BCUT2D eigenvalue weighted by molar-refractivity contribution is -0.118. The van der Waals surface area contributed by atoms with Crippen LogP contribution in [-0.2, 0) is 24.2 Å². The zero-order valence-corrected chi connectivity index (χ0v) is 16.6. The topological polar surface area (TPSA) is 69.3 Å². The van der Waals surface area contributed by atoms with Crippen LogP contribution in [0.1, 0.15) is 29.7 Å². The van der Waals surface area contributed by atoms with Gasteiger partial charge in [0.25, 0.3) is 5.91 Å². The van der Waals surface area contributed by atoms with Crippen LogP contribution in [0.5, 0.6) is 5.75 Å². The number of hydrogen-bond acceptors (Lipinski definition) is 4. The fourth-order valence-electron chi connectivity index (χ4n) is 4.02. The van der Waals surface area contributed by atoms with Crippen LogP contribution in [0.4, 0.5) is 5.69 Å². The van der Waals surface area contributed by atoms with Gasteiger partial charge in [-0.3, -0.25) is 9.48 Å². The molecule has 4 aromatic rings. The molecule has 6 nitrogen and oxygen atoms in total. The molecule has 30 heavy (non-hydrogen) atoms. The van der Waals surface area contributed by atoms with Gasteiger partial charge in [0.05, 0.1) is 6.54 Å². The average molecular weight is 401 g/mol. The number of furan rings is 1. The van der Waals surface area contributed by atoms with Crippen molar-refractivity contribution in [2.45, 2.75) is 32.2 Å². The monoisotopic (exact) mass is 401 g/mol. The number of carbonyl (C=O) groups excluding carboxylic acids is 1. The molecule has 1 aliphatic carbocycles. The second kappa shape index (κ2) is 8.06. The number of carbonyl (C=O) groups is 1. The molecule has 5 rings (SSSR count). The molecular weight excluding hydrogens is 378 g/mol. The summed E-state index contributed by atoms with van der Waals surface area (Å²) in [5.41, 5.74) is 3.94. The molecule has 0 saturated carbocycles. The lowest BCUT2D eigenvalue weighted by Gasteiger charge is -2.12. The number of anilines is 1. The summed E-state index contributed by atoms with van der Waals surface area (Å²) in [5, 5.41) is 8.29. The number of nitrogens with zero attached hydrogens (tertiary/aromatic N) is 2. The van der Waals surface area contributed by atoms with Crippen LogP contribution in [0.2, 0.25) is 0 Å². The highest BCUT2D eigenvalue weighted by molar-refractivity contribution is 5.92. The summed E-state index contributed by atoms with van der Waals surface area (Å²) in [6.07, 6.45) is 8.04. The van der Waals surface area contributed by atoms with E-state index in [1.165, 1.54) is 18.4 Å². The molecule has 1 amide bonds. The molecule has 1 aliphatic rings. The minimum absolute atomic E-state index is 0.0539. The fraction of sp³-hybridized carbons (Fsp3) is 0.250. The number of ether oxygens (including phenoxy) is 1. The Balaban J connectivity index is 1.26. The van der Waals surface area contributed by atoms with E-state index in [4.69, 9.17) is 9.15 Å². The van der Waals surface area contributed by atoms with E-state index in [2.05, 4.69) is 10.4 Å². The number of amides is 1. The zero-order valence-electron chi connectivity index (χ0n) is 16.6. The highest BCUT2D eigenvalue weighted by Gasteiger charge is 2.18. The van der Waals surface area contributed by atoms with E-state index >= 15 is 0 Å². The Kier molecular flexibility index (Phi) is 4.97. The molecule has 0 unspecified atom stereocenters. The van der Waals surface area contributed by atoms with Crippen molar-refractivity contribution in [2.24, 2.45) is 0 Å². The van der Waals surface area contributed by atoms with E-state index < -0.39 is 0 Å². The molecule has 6 heteroatoms. The molecule has 1 N–H and O–H groups in total. The van der Waals surface area contributed by atoms with E-state index in [9.17, 15) is 4.79 Å². The number of benzene rings is 2. The third-order valence-corrected chi connectivity index (χ3v) is 5.48. The second-order valence-electron chi connectivity index (χ2n) is 7.57. The Hall–Kier alpha value is -3.54. The van der Waals surface area contributed by atoms with E-state index in [1.54, 1.807) is 6.20 Å². The van der Waals surface area contributed by atoms with Gasteiger partial charge >= 0.3 is 0 Å². The minimum Gasteiger partial charge on any atom is -0.484 e. The number of aromatic nitrogens is 2. The summed E-state index contributed by atoms with van der Waals surface area (Å²) < 4.78 is 13.6. The number of fused-ring (bicyclic) bond motifs is 3. The van der Waals surface area contributed by atoms with Crippen molar-refractivity contribution in [1.29, 1.82) is 0 Å². The molecular formula is C24H23N3O3. The van der Waals surface area contributed by atoms with Gasteiger partial charge in [0.1, 0.15) is 17.1 Å². The Morgan fingerprint density at radius 1 is 1.13 bits per heavy atom. The van der Waals surface area contributed by atoms with Gasteiger partial charge in [-0.2, -0.15) is 5.10 Å². The number of rotatable bonds is 6. The summed E-state index contributed by atoms with van der Waals surface area (Å²) >= 11 is 0. The second-order valence-corrected chi connectivity index (χ2v) is 7.57. The van der Waals surface area contributed by atoms with E-state index in [1.807, 2.05) is 59.4 Å². The summed E-state index contributed by atoms with van der Waals surface area (Å²) in [6, 6.07) is 15.4. The van der Waals surface area contributed by atoms with Crippen molar-refractivity contribution in [1.82, 2.24) is 9.78 Å². The van der Waals surface area contributed by atoms with Gasteiger partial charge in [-0.05, 0) is 55.2 Å². The molecule has 2 aromatic carbocycles. The SMILES string of the molecule is O=C(COc1ccc2oc3c(c2c1)CCCC3)Nc1ccccc1Cn1cccn1. The van der Waals surface area contributed by atoms with Gasteiger partial charge in [0, 0.05) is 35.5 Å². The van der Waals surface area contributed by atoms with Crippen molar-refractivity contribution in [3.63, 3.8) is 0 Å². The van der Waals surface area contributed by atoms with Gasteiger partial charge in [0.2, 0.25) is 0 Å². The van der Waals surface area contributed by atoms with E-state index in [-0.39, 0.29) is 12.5 Å². The predicted molar refractivity (Wildman–Crippen MR) is 115 cm³/mol. The summed E-state index contributed by atoms with van der Waals surface area (Å²) in [6.45, 7) is 0.536. The summed E-state index contributed by atoms with van der Waals surface area (Å²) in [7, 11) is 0. The van der Waals surface area contributed by atoms with Gasteiger partial charge in [0.15, 0.2) is 6.61 Å². The number of hydrogen-bond donors (Lipinski definition) is 1. The van der Waals surface area contributed by atoms with Crippen molar-refractivity contribution >= 4 is 22.6 Å². The highest BCUT2D eigenvalue weighted by atomic mass is 16.5. The Bertz CT molecular complexity index is 1180. The number of nitrogens with one attached hydrogen (secondary N) is 1. The zero-order chi connectivity index (χ0) is 20.3. The average Bonchev–Trinajstić information content (AvgIpc) is 3.41. The molecule has 0 spiro atoms. The lowest BCUT2D eigenvalue weighted by atomic mass is 9.96. The standard InChI is InChI=1S/C24H23N3O3/c28-24(26-21-8-3-1-6-17(21)15-27-13-5-12-25-27)16-29-18-10-11-23-20(14-18)19-7-2-4-9-22(19)30-23/h1,3,5-6,8,10-14H,2,4,7,9,15-16H2,(H,26,28). The van der Waals surface area contributed by atoms with Crippen LogP contribution in [-0.4, -0.2) is 22.3 Å². The third-order valence-electron chi connectivity index (χ3n) is 5.48. The van der Waals surface area contributed by atoms with Crippen LogP contribution in [0, 0.1) is 0 Å². The van der Waals surface area contributed by atoms with Crippen LogP contribution in [0.25, 0.3) is 11.0 Å². The molecule has 2 heterocycles. The van der Waals surface area contributed by atoms with Crippen LogP contribution in [0.3, 0.4) is 0 Å². The smallest absolute Gasteiger partial charge is 0.262 e. The minimum atomic E-state index is -0.197. The Labute approximate surface area is 174 Å². The molecule has 0 saturated heterocycles. The first-order valence-electron chi connectivity index (χ1n) is 10.3. The van der Waals surface area contributed by atoms with Crippen LogP contribution >= 0.6 is 0 Å². The number of para-hydroxylation sites is 1. The number of aryl methyl sites for hydroxylation is 2. The van der Waals surface area contributed by atoms with Crippen LogP contribution < -0.4 is 10.1 Å². The molecule has 0 radical (unpaired) electrons. The largest absolute Gasteiger partial charge is 0.484 e. The van der Waals surface area contributed by atoms with E-state index in [0.717, 1.165) is 40.8 Å². The molecule has 2 aromatic heterocycles. The predicted octanol–water partition coefficient (Wildman–Crippen LogP) is 4.57. The molecule has 152 valence electrons. The van der Waals surface area contributed by atoms with Crippen molar-refractivity contribution in [3.8, 4) is 5.75 Å². The van der Waals surface area contributed by atoms with Crippen molar-refractivity contribution in [2.75, 3.05) is 11.9 Å². The molecule has 0 aliphatic heterocycles. The van der Waals surface area contributed by atoms with Crippen molar-refractivity contribution in [3.05, 3.63) is 77.8 Å². The third kappa shape index (κ3) is 3.81. The van der Waals surface area contributed by atoms with Gasteiger partial charge in [-0.25, -0.2) is 0 Å². The normalized spacial score (nSPS) is 13.2. The Morgan fingerprint density at radius 2 is 2.03 bits per heavy atom. The van der Waals surface area contributed by atoms with Gasteiger partial charge in [-0.1, -0.05) is 18.2 Å². The molecule has 0 fully saturated rings. The lowest BCUT2D eigenvalue weighted by Crippen LogP contribution is -2.21. The maximum Gasteiger partial charge on any atom is 0.262 e. The highest BCUT2D eigenvalue weighted by Crippen LogP contribution is 2.33. The van der Waals surface area contributed by atoms with Gasteiger partial charge < -0.3 is 14.5 Å². The molecule has 0 atom stereocenters. The summed E-state index contributed by atoms with van der Waals surface area (Å²) in [5.74, 6) is 1.58. The summed E-state index contributed by atoms with van der Waals surface area (Å²) in [4.78, 5) is 12.5.